The highest BCUT2D eigenvalue weighted by Crippen LogP contribution is 2.26. The molecule has 104 valence electrons. The number of benzene rings is 1. The second-order valence-corrected chi connectivity index (χ2v) is 5.94. The maximum atomic E-state index is 10.9. The average molecular weight is 268 g/mol. The van der Waals surface area contributed by atoms with Gasteiger partial charge in [-0.3, -0.25) is 4.79 Å². The number of carbonyl (C=O) groups excluding carboxylic acids is 1. The first-order chi connectivity index (χ1) is 9.36. The largest absolute Gasteiger partial charge is 0.311 e. The summed E-state index contributed by atoms with van der Waals surface area (Å²) >= 11 is 0. The minimum absolute atomic E-state index is 0.111. The van der Waals surface area contributed by atoms with Gasteiger partial charge in [0.15, 0.2) is 0 Å². The van der Waals surface area contributed by atoms with E-state index in [0.717, 1.165) is 11.1 Å². The maximum absolute atomic E-state index is 10.9. The molecule has 2 rings (SSSR count). The van der Waals surface area contributed by atoms with Gasteiger partial charge in [0.2, 0.25) is 5.91 Å². The second-order valence-electron chi connectivity index (χ2n) is 5.94. The lowest BCUT2D eigenvalue weighted by atomic mass is 9.86. The van der Waals surface area contributed by atoms with E-state index in [4.69, 9.17) is 0 Å². The molecule has 0 aliphatic carbocycles. The number of anilines is 1. The Morgan fingerprint density at radius 3 is 2.05 bits per heavy atom. The summed E-state index contributed by atoms with van der Waals surface area (Å²) in [5.41, 5.74) is 3.63. The molecule has 0 unspecified atom stereocenters. The Kier molecular flexibility index (Phi) is 3.89. The fourth-order valence-electron chi connectivity index (χ4n) is 1.98. The Morgan fingerprint density at radius 2 is 1.60 bits per heavy atom. The van der Waals surface area contributed by atoms with Crippen molar-refractivity contribution in [2.45, 2.75) is 33.1 Å². The molecule has 1 aromatic carbocycles. The minimum Gasteiger partial charge on any atom is -0.311 e. The van der Waals surface area contributed by atoms with E-state index in [1.807, 2.05) is 12.1 Å². The molecule has 1 amide bonds. The third-order valence-electron chi connectivity index (χ3n) is 3.15. The molecule has 0 spiro atoms. The number of pyridine rings is 1. The highest BCUT2D eigenvalue weighted by molar-refractivity contribution is 5.87. The van der Waals surface area contributed by atoms with Crippen LogP contribution in [0, 0.1) is 0 Å². The molecule has 0 radical (unpaired) electrons. The molecule has 0 atom stereocenters. The Bertz CT molecular complexity index is 592. The predicted octanol–water partition coefficient (Wildman–Crippen LogP) is 4.00. The summed E-state index contributed by atoms with van der Waals surface area (Å²) in [6.07, 6.45) is 1.78. The lowest BCUT2D eigenvalue weighted by Crippen LogP contribution is -2.10. The molecule has 0 bridgehead atoms. The molecule has 2 aromatic rings. The number of aromatic nitrogens is 1. The van der Waals surface area contributed by atoms with Crippen LogP contribution in [0.2, 0.25) is 0 Å². The van der Waals surface area contributed by atoms with Gasteiger partial charge in [0, 0.05) is 18.7 Å². The van der Waals surface area contributed by atoms with Crippen LogP contribution in [0.4, 0.5) is 5.82 Å². The van der Waals surface area contributed by atoms with Gasteiger partial charge in [0.05, 0.1) is 0 Å². The third-order valence-corrected chi connectivity index (χ3v) is 3.15. The number of nitrogens with one attached hydrogen (secondary N) is 1. The molecule has 3 nitrogen and oxygen atoms in total. The van der Waals surface area contributed by atoms with E-state index < -0.39 is 0 Å². The van der Waals surface area contributed by atoms with Gasteiger partial charge in [0.25, 0.3) is 0 Å². The topological polar surface area (TPSA) is 42.0 Å². The Labute approximate surface area is 120 Å². The fourth-order valence-corrected chi connectivity index (χ4v) is 1.98. The van der Waals surface area contributed by atoms with Crippen molar-refractivity contribution in [3.8, 4) is 11.1 Å². The van der Waals surface area contributed by atoms with Gasteiger partial charge < -0.3 is 5.32 Å². The molecule has 3 heteroatoms. The third kappa shape index (κ3) is 3.44. The highest BCUT2D eigenvalue weighted by Gasteiger charge is 2.13. The van der Waals surface area contributed by atoms with Gasteiger partial charge in [0.1, 0.15) is 5.82 Å². The number of carbonyl (C=O) groups is 1. The van der Waals surface area contributed by atoms with Gasteiger partial charge in [-0.25, -0.2) is 4.98 Å². The summed E-state index contributed by atoms with van der Waals surface area (Å²) in [7, 11) is 0. The monoisotopic (exact) mass is 268 g/mol. The molecule has 0 fully saturated rings. The molecule has 20 heavy (non-hydrogen) atoms. The van der Waals surface area contributed by atoms with Crippen LogP contribution in [-0.4, -0.2) is 10.9 Å². The lowest BCUT2D eigenvalue weighted by molar-refractivity contribution is -0.114. The summed E-state index contributed by atoms with van der Waals surface area (Å²) in [5, 5.41) is 2.66. The molecule has 1 aromatic heterocycles. The molecular weight excluding hydrogens is 248 g/mol. The first kappa shape index (κ1) is 14.3. The predicted molar refractivity (Wildman–Crippen MR) is 82.7 cm³/mol. The van der Waals surface area contributed by atoms with Crippen LogP contribution in [0.3, 0.4) is 0 Å². The van der Waals surface area contributed by atoms with E-state index in [1.165, 1.54) is 12.5 Å². The SMILES string of the molecule is CC(=O)Nc1ccc(-c2ccc(C(C)(C)C)cc2)cn1. The van der Waals surface area contributed by atoms with Crippen LogP contribution in [0.15, 0.2) is 42.6 Å². The number of hydrogen-bond acceptors (Lipinski definition) is 2. The van der Waals surface area contributed by atoms with Gasteiger partial charge in [-0.15, -0.1) is 0 Å². The van der Waals surface area contributed by atoms with Crippen molar-refractivity contribution >= 4 is 11.7 Å². The summed E-state index contributed by atoms with van der Waals surface area (Å²) in [6.45, 7) is 8.07. The highest BCUT2D eigenvalue weighted by atomic mass is 16.1. The summed E-state index contributed by atoms with van der Waals surface area (Å²) in [5.74, 6) is 0.465. The number of amides is 1. The van der Waals surface area contributed by atoms with Gasteiger partial charge in [-0.2, -0.15) is 0 Å². The van der Waals surface area contributed by atoms with Gasteiger partial charge >= 0.3 is 0 Å². The van der Waals surface area contributed by atoms with Crippen molar-refractivity contribution in [1.29, 1.82) is 0 Å². The summed E-state index contributed by atoms with van der Waals surface area (Å²) in [4.78, 5) is 15.2. The smallest absolute Gasteiger partial charge is 0.222 e. The molecule has 1 N–H and O–H groups in total. The standard InChI is InChI=1S/C17H20N2O/c1-12(20)19-16-10-7-14(11-18-16)13-5-8-15(9-6-13)17(2,3)4/h5-11H,1-4H3,(H,18,19,20). The molecule has 0 aliphatic rings. The molecule has 1 heterocycles. The first-order valence-electron chi connectivity index (χ1n) is 6.71. The minimum atomic E-state index is -0.111. The normalized spacial score (nSPS) is 11.2. The molecule has 0 saturated heterocycles. The van der Waals surface area contributed by atoms with Crippen molar-refractivity contribution in [3.05, 3.63) is 48.2 Å². The Balaban J connectivity index is 2.21. The summed E-state index contributed by atoms with van der Waals surface area (Å²) in [6, 6.07) is 12.3. The zero-order valence-electron chi connectivity index (χ0n) is 12.4. The lowest BCUT2D eigenvalue weighted by Gasteiger charge is -2.19. The van der Waals surface area contributed by atoms with Crippen molar-refractivity contribution in [3.63, 3.8) is 0 Å². The number of hydrogen-bond donors (Lipinski definition) is 1. The zero-order chi connectivity index (χ0) is 14.8. The van der Waals surface area contributed by atoms with Gasteiger partial charge in [-0.1, -0.05) is 45.0 Å². The van der Waals surface area contributed by atoms with Crippen molar-refractivity contribution in [1.82, 2.24) is 4.98 Å². The van der Waals surface area contributed by atoms with Crippen molar-refractivity contribution in [2.75, 3.05) is 5.32 Å². The van der Waals surface area contributed by atoms with E-state index >= 15 is 0 Å². The van der Waals surface area contributed by atoms with E-state index in [1.54, 1.807) is 6.20 Å². The summed E-state index contributed by atoms with van der Waals surface area (Å²) < 4.78 is 0. The Morgan fingerprint density at radius 1 is 1.00 bits per heavy atom. The van der Waals surface area contributed by atoms with E-state index in [9.17, 15) is 4.79 Å². The van der Waals surface area contributed by atoms with E-state index in [-0.39, 0.29) is 11.3 Å². The van der Waals surface area contributed by atoms with Crippen LogP contribution in [-0.2, 0) is 10.2 Å². The van der Waals surface area contributed by atoms with E-state index in [0.29, 0.717) is 5.82 Å². The molecule has 0 saturated carbocycles. The van der Waals surface area contributed by atoms with Crippen LogP contribution in [0.1, 0.15) is 33.3 Å². The molecule has 0 aliphatic heterocycles. The van der Waals surface area contributed by atoms with Gasteiger partial charge in [-0.05, 0) is 28.7 Å². The van der Waals surface area contributed by atoms with Crippen LogP contribution < -0.4 is 5.32 Å². The second kappa shape index (κ2) is 5.45. The zero-order valence-corrected chi connectivity index (χ0v) is 12.4. The average Bonchev–Trinajstić information content (AvgIpc) is 2.38. The van der Waals surface area contributed by atoms with Crippen LogP contribution in [0.5, 0.6) is 0 Å². The number of rotatable bonds is 2. The van der Waals surface area contributed by atoms with Crippen LogP contribution in [0.25, 0.3) is 11.1 Å². The Hall–Kier alpha value is -2.16. The number of nitrogens with zero attached hydrogens (tertiary/aromatic N) is 1. The van der Waals surface area contributed by atoms with Crippen LogP contribution >= 0.6 is 0 Å². The van der Waals surface area contributed by atoms with Crippen molar-refractivity contribution in [2.24, 2.45) is 0 Å². The molecular formula is C17H20N2O. The van der Waals surface area contributed by atoms with Crippen molar-refractivity contribution < 1.29 is 4.79 Å². The fraction of sp³-hybridized carbons (Fsp3) is 0.294. The quantitative estimate of drug-likeness (QED) is 0.894. The van der Waals surface area contributed by atoms with E-state index in [2.05, 4.69) is 55.3 Å². The maximum Gasteiger partial charge on any atom is 0.222 e. The first-order valence-corrected chi connectivity index (χ1v) is 6.71.